The van der Waals surface area contributed by atoms with E-state index in [4.69, 9.17) is 27.9 Å². The zero-order valence-corrected chi connectivity index (χ0v) is 13.5. The minimum absolute atomic E-state index is 0.134. The van der Waals surface area contributed by atoms with E-state index in [0.717, 1.165) is 11.4 Å². The van der Waals surface area contributed by atoms with E-state index in [2.05, 4.69) is 10.6 Å². The Morgan fingerprint density at radius 3 is 2.55 bits per heavy atom. The van der Waals surface area contributed by atoms with E-state index in [0.29, 0.717) is 28.7 Å². The number of anilines is 2. The summed E-state index contributed by atoms with van der Waals surface area (Å²) in [4.78, 5) is 11.9. The summed E-state index contributed by atoms with van der Waals surface area (Å²) in [6.45, 7) is 0.510. The minimum Gasteiger partial charge on any atom is -0.497 e. The van der Waals surface area contributed by atoms with Crippen LogP contribution in [0.3, 0.4) is 0 Å². The number of halogens is 2. The zero-order valence-electron chi connectivity index (χ0n) is 12.0. The molecule has 0 fully saturated rings. The van der Waals surface area contributed by atoms with Crippen LogP contribution in [-0.4, -0.2) is 19.6 Å². The van der Waals surface area contributed by atoms with Crippen LogP contribution in [0.4, 0.5) is 11.4 Å². The summed E-state index contributed by atoms with van der Waals surface area (Å²) in [5, 5.41) is 6.66. The topological polar surface area (TPSA) is 50.4 Å². The molecule has 0 heterocycles. The minimum atomic E-state index is -0.134. The molecule has 6 heteroatoms. The third-order valence-electron chi connectivity index (χ3n) is 3.00. The maximum atomic E-state index is 11.9. The standard InChI is InChI=1S/C16H16Cl2N2O2/c1-22-12-7-5-11(6-8-12)19-10-9-15(21)20-14-4-2-3-13(17)16(14)18/h2-8,19H,9-10H2,1H3,(H,20,21). The molecule has 2 aromatic rings. The van der Waals surface area contributed by atoms with Gasteiger partial charge in [0, 0.05) is 18.7 Å². The second-order valence-corrected chi connectivity index (χ2v) is 5.34. The number of nitrogens with one attached hydrogen (secondary N) is 2. The SMILES string of the molecule is COc1ccc(NCCC(=O)Nc2cccc(Cl)c2Cl)cc1. The van der Waals surface area contributed by atoms with Crippen LogP contribution >= 0.6 is 23.2 Å². The Morgan fingerprint density at radius 1 is 1.14 bits per heavy atom. The van der Waals surface area contributed by atoms with Crippen LogP contribution in [-0.2, 0) is 4.79 Å². The molecule has 116 valence electrons. The molecule has 4 nitrogen and oxygen atoms in total. The first-order valence-corrected chi connectivity index (χ1v) is 7.47. The largest absolute Gasteiger partial charge is 0.497 e. The van der Waals surface area contributed by atoms with Gasteiger partial charge in [0.15, 0.2) is 0 Å². The number of ether oxygens (including phenoxy) is 1. The van der Waals surface area contributed by atoms with E-state index in [9.17, 15) is 4.79 Å². The molecule has 2 rings (SSSR count). The number of benzene rings is 2. The smallest absolute Gasteiger partial charge is 0.226 e. The van der Waals surface area contributed by atoms with Crippen molar-refractivity contribution in [1.29, 1.82) is 0 Å². The highest BCUT2D eigenvalue weighted by Gasteiger charge is 2.08. The lowest BCUT2D eigenvalue weighted by Crippen LogP contribution is -2.16. The zero-order chi connectivity index (χ0) is 15.9. The van der Waals surface area contributed by atoms with Crippen LogP contribution in [0.15, 0.2) is 42.5 Å². The lowest BCUT2D eigenvalue weighted by molar-refractivity contribution is -0.115. The van der Waals surface area contributed by atoms with Gasteiger partial charge >= 0.3 is 0 Å². The molecule has 0 bridgehead atoms. The van der Waals surface area contributed by atoms with Crippen molar-refractivity contribution in [1.82, 2.24) is 0 Å². The number of hydrogen-bond acceptors (Lipinski definition) is 3. The molecular formula is C16H16Cl2N2O2. The number of carbonyl (C=O) groups is 1. The molecule has 0 unspecified atom stereocenters. The number of methoxy groups -OCH3 is 1. The lowest BCUT2D eigenvalue weighted by atomic mass is 10.2. The Bertz CT molecular complexity index is 645. The number of rotatable bonds is 6. The second-order valence-electron chi connectivity index (χ2n) is 4.55. The van der Waals surface area contributed by atoms with Crippen molar-refractivity contribution in [2.45, 2.75) is 6.42 Å². The van der Waals surface area contributed by atoms with E-state index in [1.807, 2.05) is 24.3 Å². The van der Waals surface area contributed by atoms with Gasteiger partial charge in [-0.25, -0.2) is 0 Å². The van der Waals surface area contributed by atoms with Crippen LogP contribution < -0.4 is 15.4 Å². The van der Waals surface area contributed by atoms with Gasteiger partial charge < -0.3 is 15.4 Å². The van der Waals surface area contributed by atoms with E-state index < -0.39 is 0 Å². The van der Waals surface area contributed by atoms with Gasteiger partial charge in [0.05, 0.1) is 22.8 Å². The number of amides is 1. The summed E-state index contributed by atoms with van der Waals surface area (Å²) in [6, 6.07) is 12.6. The van der Waals surface area contributed by atoms with Crippen molar-refractivity contribution in [3.05, 3.63) is 52.5 Å². The summed E-state index contributed by atoms with van der Waals surface area (Å²) in [7, 11) is 1.62. The fourth-order valence-corrected chi connectivity index (χ4v) is 2.19. The third-order valence-corrected chi connectivity index (χ3v) is 3.82. The fourth-order valence-electron chi connectivity index (χ4n) is 1.84. The summed E-state index contributed by atoms with van der Waals surface area (Å²) >= 11 is 11.9. The van der Waals surface area contributed by atoms with Crippen molar-refractivity contribution in [3.8, 4) is 5.75 Å². The average Bonchev–Trinajstić information content (AvgIpc) is 2.52. The van der Waals surface area contributed by atoms with Gasteiger partial charge in [-0.05, 0) is 36.4 Å². The molecule has 0 saturated carbocycles. The van der Waals surface area contributed by atoms with Crippen molar-refractivity contribution in [2.75, 3.05) is 24.3 Å². The third kappa shape index (κ3) is 4.55. The molecule has 22 heavy (non-hydrogen) atoms. The van der Waals surface area contributed by atoms with E-state index in [1.54, 1.807) is 25.3 Å². The quantitative estimate of drug-likeness (QED) is 0.818. The van der Waals surface area contributed by atoms with E-state index in [-0.39, 0.29) is 5.91 Å². The van der Waals surface area contributed by atoms with Gasteiger partial charge in [0.1, 0.15) is 5.75 Å². The monoisotopic (exact) mass is 338 g/mol. The summed E-state index contributed by atoms with van der Waals surface area (Å²) < 4.78 is 5.08. The van der Waals surface area contributed by atoms with Crippen LogP contribution in [0.5, 0.6) is 5.75 Å². The Hall–Kier alpha value is -1.91. The number of hydrogen-bond donors (Lipinski definition) is 2. The molecule has 2 N–H and O–H groups in total. The Labute approximate surface area is 139 Å². The maximum Gasteiger partial charge on any atom is 0.226 e. The molecule has 0 aromatic heterocycles. The molecule has 1 amide bonds. The van der Waals surface area contributed by atoms with Gasteiger partial charge in [0.2, 0.25) is 5.91 Å². The lowest BCUT2D eigenvalue weighted by Gasteiger charge is -2.09. The van der Waals surface area contributed by atoms with Gasteiger partial charge in [-0.1, -0.05) is 29.3 Å². The van der Waals surface area contributed by atoms with Gasteiger partial charge in [-0.2, -0.15) is 0 Å². The molecule has 0 saturated heterocycles. The first-order valence-electron chi connectivity index (χ1n) is 6.72. The maximum absolute atomic E-state index is 11.9. The predicted molar refractivity (Wildman–Crippen MR) is 91.2 cm³/mol. The molecule has 0 atom stereocenters. The average molecular weight is 339 g/mol. The Balaban J connectivity index is 1.81. The first kappa shape index (κ1) is 16.5. The summed E-state index contributed by atoms with van der Waals surface area (Å²) in [5.41, 5.74) is 1.44. The highest BCUT2D eigenvalue weighted by Crippen LogP contribution is 2.29. The molecule has 0 aliphatic rings. The Kier molecular flexibility index (Phi) is 5.92. The van der Waals surface area contributed by atoms with E-state index >= 15 is 0 Å². The highest BCUT2D eigenvalue weighted by atomic mass is 35.5. The summed E-state index contributed by atoms with van der Waals surface area (Å²) in [5.74, 6) is 0.657. The molecule has 0 aliphatic carbocycles. The highest BCUT2D eigenvalue weighted by molar-refractivity contribution is 6.43. The van der Waals surface area contributed by atoms with Crippen LogP contribution in [0.2, 0.25) is 10.0 Å². The number of carbonyl (C=O) groups excluding carboxylic acids is 1. The van der Waals surface area contributed by atoms with Crippen molar-refractivity contribution in [3.63, 3.8) is 0 Å². The summed E-state index contributed by atoms with van der Waals surface area (Å²) in [6.07, 6.45) is 0.314. The molecule has 0 radical (unpaired) electrons. The second kappa shape index (κ2) is 7.92. The van der Waals surface area contributed by atoms with Gasteiger partial charge in [0.25, 0.3) is 0 Å². The normalized spacial score (nSPS) is 10.1. The van der Waals surface area contributed by atoms with Crippen LogP contribution in [0, 0.1) is 0 Å². The van der Waals surface area contributed by atoms with E-state index in [1.165, 1.54) is 0 Å². The van der Waals surface area contributed by atoms with Gasteiger partial charge in [-0.3, -0.25) is 4.79 Å². The molecular weight excluding hydrogens is 323 g/mol. The van der Waals surface area contributed by atoms with Gasteiger partial charge in [-0.15, -0.1) is 0 Å². The van der Waals surface area contributed by atoms with Crippen LogP contribution in [0.25, 0.3) is 0 Å². The van der Waals surface area contributed by atoms with Crippen molar-refractivity contribution >= 4 is 40.5 Å². The molecule has 2 aromatic carbocycles. The molecule has 0 aliphatic heterocycles. The first-order chi connectivity index (χ1) is 10.6. The molecule has 0 spiro atoms. The Morgan fingerprint density at radius 2 is 1.86 bits per heavy atom. The van der Waals surface area contributed by atoms with Crippen molar-refractivity contribution < 1.29 is 9.53 Å². The van der Waals surface area contributed by atoms with Crippen LogP contribution in [0.1, 0.15) is 6.42 Å². The fraction of sp³-hybridized carbons (Fsp3) is 0.188. The predicted octanol–water partition coefficient (Wildman–Crippen LogP) is 4.44. The van der Waals surface area contributed by atoms with Crippen molar-refractivity contribution in [2.24, 2.45) is 0 Å².